The number of hydrogen-bond acceptors (Lipinski definition) is 6. The van der Waals surface area contributed by atoms with Gasteiger partial charge in [0, 0.05) is 6.07 Å². The zero-order valence-corrected chi connectivity index (χ0v) is 13.6. The van der Waals surface area contributed by atoms with Gasteiger partial charge in [-0.1, -0.05) is 13.8 Å². The van der Waals surface area contributed by atoms with E-state index in [4.69, 9.17) is 15.2 Å². The normalized spacial score (nSPS) is 11.7. The molecule has 0 bridgehead atoms. The predicted molar refractivity (Wildman–Crippen MR) is 81.1 cm³/mol. The summed E-state index contributed by atoms with van der Waals surface area (Å²) in [5, 5.41) is 0. The minimum absolute atomic E-state index is 0.0292. The maximum absolute atomic E-state index is 13.2. The van der Waals surface area contributed by atoms with E-state index in [1.54, 1.807) is 20.8 Å². The summed E-state index contributed by atoms with van der Waals surface area (Å²) < 4.78 is 49.9. The summed E-state index contributed by atoms with van der Waals surface area (Å²) in [5.74, 6) is -0.273. The highest BCUT2D eigenvalue weighted by Crippen LogP contribution is 2.41. The molecule has 0 radical (unpaired) electrons. The highest BCUT2D eigenvalue weighted by Gasteiger charge is 2.37. The van der Waals surface area contributed by atoms with Gasteiger partial charge in [-0.15, -0.1) is 0 Å². The number of rotatable bonds is 4. The van der Waals surface area contributed by atoms with E-state index in [0.717, 1.165) is 13.2 Å². The van der Waals surface area contributed by atoms with Crippen LogP contribution in [-0.2, 0) is 6.18 Å². The zero-order chi connectivity index (χ0) is 18.1. The van der Waals surface area contributed by atoms with E-state index in [9.17, 15) is 13.2 Å². The molecule has 0 amide bonds. The van der Waals surface area contributed by atoms with Crippen LogP contribution in [0.25, 0.3) is 0 Å². The minimum atomic E-state index is -4.64. The molecule has 2 aromatic heterocycles. The lowest BCUT2D eigenvalue weighted by Crippen LogP contribution is -2.12. The van der Waals surface area contributed by atoms with Crippen molar-refractivity contribution in [3.63, 3.8) is 0 Å². The molecule has 0 fully saturated rings. The second-order valence-corrected chi connectivity index (χ2v) is 5.35. The second-order valence-electron chi connectivity index (χ2n) is 5.35. The minimum Gasteiger partial charge on any atom is -0.481 e. The molecular formula is C15H17F3N4O2. The van der Waals surface area contributed by atoms with Gasteiger partial charge in [-0.05, 0) is 12.8 Å². The lowest BCUT2D eigenvalue weighted by atomic mass is 10.1. The molecule has 0 saturated carbocycles. The van der Waals surface area contributed by atoms with Crippen molar-refractivity contribution < 1.29 is 22.6 Å². The van der Waals surface area contributed by atoms with Crippen LogP contribution in [0.1, 0.15) is 36.8 Å². The van der Waals surface area contributed by atoms with Crippen molar-refractivity contribution in [2.24, 2.45) is 0 Å². The Bertz CT molecular complexity index is 748. The Kier molecular flexibility index (Phi) is 4.81. The van der Waals surface area contributed by atoms with E-state index >= 15 is 0 Å². The number of ether oxygens (including phenoxy) is 2. The first kappa shape index (κ1) is 17.8. The molecule has 0 atom stereocenters. The van der Waals surface area contributed by atoms with Crippen molar-refractivity contribution in [2.75, 3.05) is 12.8 Å². The summed E-state index contributed by atoms with van der Waals surface area (Å²) in [6, 6.07) is 0.848. The first-order chi connectivity index (χ1) is 11.1. The molecule has 0 spiro atoms. The number of pyridine rings is 1. The summed E-state index contributed by atoms with van der Waals surface area (Å²) in [6.45, 7) is 5.18. The molecule has 24 heavy (non-hydrogen) atoms. The highest BCUT2D eigenvalue weighted by molar-refractivity contribution is 5.49. The van der Waals surface area contributed by atoms with Crippen LogP contribution in [-0.4, -0.2) is 22.1 Å². The van der Waals surface area contributed by atoms with Gasteiger partial charge >= 0.3 is 6.18 Å². The summed E-state index contributed by atoms with van der Waals surface area (Å²) in [5.41, 5.74) is 5.01. The van der Waals surface area contributed by atoms with Crippen LogP contribution in [0.4, 0.5) is 19.0 Å². The van der Waals surface area contributed by atoms with Gasteiger partial charge in [0.05, 0.1) is 19.0 Å². The van der Waals surface area contributed by atoms with Gasteiger partial charge in [0.2, 0.25) is 5.88 Å². The molecule has 0 aliphatic rings. The lowest BCUT2D eigenvalue weighted by Gasteiger charge is -2.18. The monoisotopic (exact) mass is 342 g/mol. The van der Waals surface area contributed by atoms with Gasteiger partial charge in [0.15, 0.2) is 11.6 Å². The molecule has 9 heteroatoms. The van der Waals surface area contributed by atoms with Crippen LogP contribution in [0, 0.1) is 6.92 Å². The van der Waals surface area contributed by atoms with E-state index in [2.05, 4.69) is 15.0 Å². The maximum atomic E-state index is 13.2. The number of halogens is 3. The van der Waals surface area contributed by atoms with Crippen LogP contribution in [0.5, 0.6) is 17.4 Å². The number of anilines is 1. The Labute approximate surface area is 136 Å². The molecular weight excluding hydrogens is 325 g/mol. The van der Waals surface area contributed by atoms with Crippen molar-refractivity contribution >= 4 is 5.82 Å². The fourth-order valence-corrected chi connectivity index (χ4v) is 2.02. The van der Waals surface area contributed by atoms with E-state index < -0.39 is 17.6 Å². The van der Waals surface area contributed by atoms with Crippen LogP contribution >= 0.6 is 0 Å². The maximum Gasteiger partial charge on any atom is 0.421 e. The smallest absolute Gasteiger partial charge is 0.421 e. The molecule has 130 valence electrons. The second kappa shape index (κ2) is 6.50. The molecule has 2 aromatic rings. The van der Waals surface area contributed by atoms with Gasteiger partial charge in [0.25, 0.3) is 0 Å². The number of aryl methyl sites for hydroxylation is 1. The molecule has 0 unspecified atom stereocenters. The van der Waals surface area contributed by atoms with Crippen molar-refractivity contribution in [2.45, 2.75) is 32.9 Å². The van der Waals surface area contributed by atoms with Gasteiger partial charge in [-0.25, -0.2) is 15.0 Å². The topological polar surface area (TPSA) is 83.2 Å². The zero-order valence-electron chi connectivity index (χ0n) is 13.6. The van der Waals surface area contributed by atoms with Gasteiger partial charge < -0.3 is 15.2 Å². The number of alkyl halides is 3. The Balaban J connectivity index is 2.58. The predicted octanol–water partition coefficient (Wildman–Crippen LogP) is 3.71. The van der Waals surface area contributed by atoms with Gasteiger partial charge in [0.1, 0.15) is 17.1 Å². The molecule has 0 aliphatic heterocycles. The van der Waals surface area contributed by atoms with E-state index in [0.29, 0.717) is 11.5 Å². The third-order valence-electron chi connectivity index (χ3n) is 3.15. The molecule has 2 N–H and O–H groups in total. The highest BCUT2D eigenvalue weighted by atomic mass is 19.4. The summed E-state index contributed by atoms with van der Waals surface area (Å²) in [7, 11) is 1.13. The number of nitrogens with zero attached hydrogens (tertiary/aromatic N) is 3. The lowest BCUT2D eigenvalue weighted by molar-refractivity contribution is -0.139. The van der Waals surface area contributed by atoms with E-state index in [-0.39, 0.29) is 23.2 Å². The van der Waals surface area contributed by atoms with Crippen molar-refractivity contribution in [3.05, 3.63) is 29.3 Å². The molecule has 6 nitrogen and oxygen atoms in total. The Morgan fingerprint density at radius 3 is 2.33 bits per heavy atom. The quantitative estimate of drug-likeness (QED) is 0.912. The molecule has 0 aromatic carbocycles. The van der Waals surface area contributed by atoms with Crippen molar-refractivity contribution in [1.82, 2.24) is 15.0 Å². The Morgan fingerprint density at radius 2 is 1.83 bits per heavy atom. The van der Waals surface area contributed by atoms with Crippen LogP contribution in [0.3, 0.4) is 0 Å². The summed E-state index contributed by atoms with van der Waals surface area (Å²) >= 11 is 0. The SMILES string of the molecule is COc1nc(C(C)C)c(Oc2cnc(C)nc2N)cc1C(F)(F)F. The number of nitrogen functional groups attached to an aromatic ring is 1. The van der Waals surface area contributed by atoms with Crippen LogP contribution in [0.15, 0.2) is 12.3 Å². The standard InChI is InChI=1S/C15H17F3N4O2/c1-7(2)12-10(24-11-6-20-8(3)21-13(11)19)5-9(15(16,17)18)14(22-12)23-4/h5-7H,1-4H3,(H2,19,20,21). The number of hydrogen-bond donors (Lipinski definition) is 1. The fraction of sp³-hybridized carbons (Fsp3) is 0.400. The largest absolute Gasteiger partial charge is 0.481 e. The number of aromatic nitrogens is 3. The number of methoxy groups -OCH3 is 1. The van der Waals surface area contributed by atoms with Gasteiger partial charge in [-0.3, -0.25) is 0 Å². The molecule has 2 rings (SSSR count). The Hall–Kier alpha value is -2.58. The van der Waals surface area contributed by atoms with Crippen molar-refractivity contribution in [1.29, 1.82) is 0 Å². The van der Waals surface area contributed by atoms with E-state index in [1.165, 1.54) is 6.20 Å². The average molecular weight is 342 g/mol. The fourth-order valence-electron chi connectivity index (χ4n) is 2.02. The number of nitrogens with two attached hydrogens (primary N) is 1. The summed E-state index contributed by atoms with van der Waals surface area (Å²) in [4.78, 5) is 11.8. The first-order valence-electron chi connectivity index (χ1n) is 7.06. The van der Waals surface area contributed by atoms with Crippen LogP contribution < -0.4 is 15.2 Å². The average Bonchev–Trinajstić information content (AvgIpc) is 2.48. The van der Waals surface area contributed by atoms with Crippen molar-refractivity contribution in [3.8, 4) is 17.4 Å². The third kappa shape index (κ3) is 3.66. The van der Waals surface area contributed by atoms with Crippen LogP contribution in [0.2, 0.25) is 0 Å². The van der Waals surface area contributed by atoms with Gasteiger partial charge in [-0.2, -0.15) is 13.2 Å². The molecule has 0 saturated heterocycles. The summed E-state index contributed by atoms with van der Waals surface area (Å²) in [6.07, 6.45) is -3.33. The van der Waals surface area contributed by atoms with E-state index in [1.807, 2.05) is 0 Å². The first-order valence-corrected chi connectivity index (χ1v) is 7.06. The third-order valence-corrected chi connectivity index (χ3v) is 3.15. The molecule has 2 heterocycles. The molecule has 0 aliphatic carbocycles. The Morgan fingerprint density at radius 1 is 1.17 bits per heavy atom.